The van der Waals surface area contributed by atoms with Crippen LogP contribution in [0.1, 0.15) is 20.3 Å². The summed E-state index contributed by atoms with van der Waals surface area (Å²) in [5.74, 6) is -0.363. The van der Waals surface area contributed by atoms with Gasteiger partial charge < -0.3 is 9.53 Å². The van der Waals surface area contributed by atoms with Gasteiger partial charge in [-0.25, -0.2) is 4.79 Å². The molecule has 0 aliphatic carbocycles. The topological polar surface area (TPSA) is 43.4 Å². The van der Waals surface area contributed by atoms with E-state index < -0.39 is 0 Å². The van der Waals surface area contributed by atoms with Gasteiger partial charge in [-0.15, -0.1) is 0 Å². The predicted molar refractivity (Wildman–Crippen MR) is 50.2 cm³/mol. The van der Waals surface area contributed by atoms with E-state index in [4.69, 9.17) is 0 Å². The van der Waals surface area contributed by atoms with E-state index in [2.05, 4.69) is 4.74 Å². The van der Waals surface area contributed by atoms with Gasteiger partial charge in [-0.2, -0.15) is 0 Å². The molecule has 0 aromatic heterocycles. The molecule has 3 nitrogen and oxygen atoms in total. The molecule has 0 heterocycles. The molecule has 0 bridgehead atoms. The molecule has 3 heteroatoms. The van der Waals surface area contributed by atoms with Crippen molar-refractivity contribution in [2.75, 3.05) is 6.61 Å². The van der Waals surface area contributed by atoms with E-state index in [1.54, 1.807) is 19.1 Å². The van der Waals surface area contributed by atoms with Gasteiger partial charge in [0.15, 0.2) is 0 Å². The average molecular weight is 182 g/mol. The van der Waals surface area contributed by atoms with Crippen molar-refractivity contribution in [3.8, 4) is 0 Å². The smallest absolute Gasteiger partial charge is 0.330 e. The van der Waals surface area contributed by atoms with Gasteiger partial charge in [0.25, 0.3) is 0 Å². The van der Waals surface area contributed by atoms with Crippen molar-refractivity contribution < 1.29 is 14.3 Å². The van der Waals surface area contributed by atoms with E-state index in [1.165, 1.54) is 6.08 Å². The second kappa shape index (κ2) is 7.28. The number of ether oxygens (including phenoxy) is 1. The Morgan fingerprint density at radius 1 is 1.46 bits per heavy atom. The summed E-state index contributed by atoms with van der Waals surface area (Å²) in [7, 11) is 0. The van der Waals surface area contributed by atoms with Gasteiger partial charge in [0.1, 0.15) is 6.29 Å². The van der Waals surface area contributed by atoms with Crippen LogP contribution in [-0.2, 0) is 14.3 Å². The van der Waals surface area contributed by atoms with Crippen LogP contribution >= 0.6 is 0 Å². The number of hydrogen-bond donors (Lipinski definition) is 0. The van der Waals surface area contributed by atoms with E-state index in [9.17, 15) is 9.59 Å². The minimum absolute atomic E-state index is 0.363. The zero-order valence-electron chi connectivity index (χ0n) is 7.95. The van der Waals surface area contributed by atoms with Gasteiger partial charge in [-0.1, -0.05) is 17.7 Å². The van der Waals surface area contributed by atoms with Crippen LogP contribution in [0.2, 0.25) is 0 Å². The maximum atomic E-state index is 10.8. The molecule has 0 atom stereocenters. The van der Waals surface area contributed by atoms with Crippen molar-refractivity contribution in [3.63, 3.8) is 0 Å². The van der Waals surface area contributed by atoms with Crippen LogP contribution in [0.25, 0.3) is 0 Å². The Hall–Kier alpha value is -1.38. The van der Waals surface area contributed by atoms with Crippen molar-refractivity contribution in [3.05, 3.63) is 23.8 Å². The highest BCUT2D eigenvalue weighted by molar-refractivity contribution is 5.82. The number of hydrogen-bond acceptors (Lipinski definition) is 3. The van der Waals surface area contributed by atoms with Gasteiger partial charge in [-0.3, -0.25) is 0 Å². The Kier molecular flexibility index (Phi) is 6.51. The predicted octanol–water partition coefficient (Wildman–Crippen LogP) is 1.64. The molecule has 0 spiro atoms. The third kappa shape index (κ3) is 7.00. The van der Waals surface area contributed by atoms with Crippen molar-refractivity contribution in [2.45, 2.75) is 20.3 Å². The quantitative estimate of drug-likeness (QED) is 0.281. The number of carbonyl (C=O) groups excluding carboxylic acids is 2. The zero-order chi connectivity index (χ0) is 10.1. The van der Waals surface area contributed by atoms with Gasteiger partial charge >= 0.3 is 5.97 Å². The molecule has 0 aromatic carbocycles. The van der Waals surface area contributed by atoms with Crippen LogP contribution in [0.3, 0.4) is 0 Å². The van der Waals surface area contributed by atoms with Crippen LogP contribution in [0.15, 0.2) is 23.8 Å². The highest BCUT2D eigenvalue weighted by Gasteiger charge is 1.91. The molecule has 0 unspecified atom stereocenters. The fourth-order valence-corrected chi connectivity index (χ4v) is 0.681. The Morgan fingerprint density at radius 2 is 2.15 bits per heavy atom. The standard InChI is InChI=1S/C10H14O3/c1-3-13-10(12)6-4-5-9(2)7-8-11/h4-6,8H,3,7H2,1-2H3/b6-4+,9-5-. The lowest BCUT2D eigenvalue weighted by Crippen LogP contribution is -1.98. The Balaban J connectivity index is 3.91. The third-order valence-electron chi connectivity index (χ3n) is 1.30. The summed E-state index contributed by atoms with van der Waals surface area (Å²) in [6, 6.07) is 0. The van der Waals surface area contributed by atoms with Crippen molar-refractivity contribution in [1.29, 1.82) is 0 Å². The van der Waals surface area contributed by atoms with Crippen LogP contribution in [-0.4, -0.2) is 18.9 Å². The van der Waals surface area contributed by atoms with Gasteiger partial charge in [0.2, 0.25) is 0 Å². The molecular weight excluding hydrogens is 168 g/mol. The minimum atomic E-state index is -0.363. The van der Waals surface area contributed by atoms with E-state index in [-0.39, 0.29) is 5.97 Å². The first-order valence-corrected chi connectivity index (χ1v) is 4.15. The summed E-state index contributed by atoms with van der Waals surface area (Å²) in [4.78, 5) is 20.8. The molecule has 0 saturated carbocycles. The second-order valence-corrected chi connectivity index (χ2v) is 2.49. The Bertz CT molecular complexity index is 226. The zero-order valence-corrected chi connectivity index (χ0v) is 7.95. The Morgan fingerprint density at radius 3 is 2.69 bits per heavy atom. The summed E-state index contributed by atoms with van der Waals surface area (Å²) in [5, 5.41) is 0. The fourth-order valence-electron chi connectivity index (χ4n) is 0.681. The maximum Gasteiger partial charge on any atom is 0.330 e. The number of rotatable bonds is 5. The molecule has 0 aliphatic rings. The first-order valence-electron chi connectivity index (χ1n) is 4.15. The van der Waals surface area contributed by atoms with Crippen LogP contribution in [0.4, 0.5) is 0 Å². The molecular formula is C10H14O3. The van der Waals surface area contributed by atoms with Crippen molar-refractivity contribution >= 4 is 12.3 Å². The van der Waals surface area contributed by atoms with E-state index in [1.807, 2.05) is 6.92 Å². The maximum absolute atomic E-state index is 10.8. The summed E-state index contributed by atoms with van der Waals surface area (Å²) in [6.45, 7) is 3.95. The van der Waals surface area contributed by atoms with Crippen LogP contribution < -0.4 is 0 Å². The van der Waals surface area contributed by atoms with Crippen LogP contribution in [0, 0.1) is 0 Å². The number of aldehydes is 1. The number of esters is 1. The molecule has 72 valence electrons. The molecule has 0 aliphatic heterocycles. The molecule has 13 heavy (non-hydrogen) atoms. The van der Waals surface area contributed by atoms with E-state index in [0.717, 1.165) is 11.9 Å². The molecule has 0 aromatic rings. The second-order valence-electron chi connectivity index (χ2n) is 2.49. The lowest BCUT2D eigenvalue weighted by Gasteiger charge is -1.93. The molecule has 0 rings (SSSR count). The molecule has 0 saturated heterocycles. The van der Waals surface area contributed by atoms with E-state index in [0.29, 0.717) is 13.0 Å². The van der Waals surface area contributed by atoms with Crippen molar-refractivity contribution in [1.82, 2.24) is 0 Å². The first-order chi connectivity index (χ1) is 6.20. The summed E-state index contributed by atoms with van der Waals surface area (Å²) >= 11 is 0. The lowest BCUT2D eigenvalue weighted by atomic mass is 10.2. The lowest BCUT2D eigenvalue weighted by molar-refractivity contribution is -0.137. The molecule has 0 radical (unpaired) electrons. The minimum Gasteiger partial charge on any atom is -0.463 e. The SMILES string of the molecule is CCOC(=O)/C=C/C=C(/C)CC=O. The molecule has 0 N–H and O–H groups in total. The number of allylic oxidation sites excluding steroid dienone is 3. The molecule has 0 amide bonds. The Labute approximate surface area is 78.1 Å². The molecule has 0 fully saturated rings. The fraction of sp³-hybridized carbons (Fsp3) is 0.400. The van der Waals surface area contributed by atoms with Crippen LogP contribution in [0.5, 0.6) is 0 Å². The third-order valence-corrected chi connectivity index (χ3v) is 1.30. The highest BCUT2D eigenvalue weighted by atomic mass is 16.5. The summed E-state index contributed by atoms with van der Waals surface area (Å²) in [6.07, 6.45) is 5.84. The van der Waals surface area contributed by atoms with Gasteiger partial charge in [0.05, 0.1) is 6.61 Å². The monoisotopic (exact) mass is 182 g/mol. The van der Waals surface area contributed by atoms with Gasteiger partial charge in [0, 0.05) is 12.5 Å². The normalized spacial score (nSPS) is 11.7. The highest BCUT2D eigenvalue weighted by Crippen LogP contribution is 1.96. The summed E-state index contributed by atoms with van der Waals surface area (Å²) < 4.78 is 4.66. The largest absolute Gasteiger partial charge is 0.463 e. The van der Waals surface area contributed by atoms with Gasteiger partial charge in [-0.05, 0) is 13.8 Å². The summed E-state index contributed by atoms with van der Waals surface area (Å²) in [5.41, 5.74) is 0.913. The average Bonchev–Trinajstić information content (AvgIpc) is 2.05. The number of carbonyl (C=O) groups is 2. The van der Waals surface area contributed by atoms with Crippen molar-refractivity contribution in [2.24, 2.45) is 0 Å². The first kappa shape index (κ1) is 11.6. The van der Waals surface area contributed by atoms with E-state index >= 15 is 0 Å².